The molecule has 0 aliphatic heterocycles. The molecule has 0 radical (unpaired) electrons. The van der Waals surface area contributed by atoms with Crippen LogP contribution in [-0.4, -0.2) is 33.2 Å². The molecule has 0 aliphatic carbocycles. The fourth-order valence-corrected chi connectivity index (χ4v) is 4.26. The minimum Gasteiger partial charge on any atom is -0.353 e. The Morgan fingerprint density at radius 2 is 1.58 bits per heavy atom. The second-order valence-electron chi connectivity index (χ2n) is 6.19. The topological polar surface area (TPSA) is 70.6 Å². The van der Waals surface area contributed by atoms with E-state index < -0.39 is 9.84 Å². The largest absolute Gasteiger partial charge is 0.353 e. The van der Waals surface area contributed by atoms with Crippen molar-refractivity contribution in [2.75, 3.05) is 12.8 Å². The maximum absolute atomic E-state index is 12.6. The van der Waals surface area contributed by atoms with Crippen LogP contribution < -0.4 is 10.6 Å². The van der Waals surface area contributed by atoms with Gasteiger partial charge in [-0.05, 0) is 31.0 Å². The van der Waals surface area contributed by atoms with Crippen molar-refractivity contribution in [3.63, 3.8) is 0 Å². The Morgan fingerprint density at radius 3 is 2.12 bits per heavy atom. The molecule has 0 heterocycles. The SMILES string of the molecule is CCC(CS(=O)(=O)c1ccccc1)NC(=NC)NC(C)c1ccccc1. The normalized spacial score (nSPS) is 14.5. The summed E-state index contributed by atoms with van der Waals surface area (Å²) < 4.78 is 25.2. The molecule has 2 aromatic rings. The van der Waals surface area contributed by atoms with Crippen LogP contribution in [0.3, 0.4) is 0 Å². The van der Waals surface area contributed by atoms with E-state index in [-0.39, 0.29) is 17.8 Å². The van der Waals surface area contributed by atoms with Crippen molar-refractivity contribution >= 4 is 15.8 Å². The van der Waals surface area contributed by atoms with Crippen molar-refractivity contribution < 1.29 is 8.42 Å². The molecule has 26 heavy (non-hydrogen) atoms. The monoisotopic (exact) mass is 373 g/mol. The summed E-state index contributed by atoms with van der Waals surface area (Å²) in [6.07, 6.45) is 0.673. The summed E-state index contributed by atoms with van der Waals surface area (Å²) >= 11 is 0. The van der Waals surface area contributed by atoms with Gasteiger partial charge in [-0.15, -0.1) is 0 Å². The van der Waals surface area contributed by atoms with Gasteiger partial charge in [-0.1, -0.05) is 55.5 Å². The van der Waals surface area contributed by atoms with Gasteiger partial charge in [0.15, 0.2) is 15.8 Å². The first-order valence-corrected chi connectivity index (χ1v) is 10.4. The zero-order chi connectivity index (χ0) is 19.0. The van der Waals surface area contributed by atoms with E-state index in [1.54, 1.807) is 31.3 Å². The van der Waals surface area contributed by atoms with Crippen LogP contribution in [-0.2, 0) is 9.84 Å². The third kappa shape index (κ3) is 5.59. The van der Waals surface area contributed by atoms with Crippen molar-refractivity contribution in [3.05, 3.63) is 66.2 Å². The van der Waals surface area contributed by atoms with Crippen LogP contribution in [0.1, 0.15) is 31.9 Å². The molecule has 0 fully saturated rings. The minimum atomic E-state index is -3.35. The molecular weight excluding hydrogens is 346 g/mol. The number of hydrogen-bond acceptors (Lipinski definition) is 3. The minimum absolute atomic E-state index is 0.0218. The van der Waals surface area contributed by atoms with Crippen LogP contribution in [0.25, 0.3) is 0 Å². The first kappa shape index (κ1) is 20.0. The van der Waals surface area contributed by atoms with E-state index in [0.717, 1.165) is 5.56 Å². The number of sulfone groups is 1. The maximum atomic E-state index is 12.6. The predicted octanol–water partition coefficient (Wildman–Crippen LogP) is 3.17. The van der Waals surface area contributed by atoms with Crippen molar-refractivity contribution in [2.24, 2.45) is 4.99 Å². The van der Waals surface area contributed by atoms with Gasteiger partial charge in [-0.3, -0.25) is 4.99 Å². The number of nitrogens with zero attached hydrogens (tertiary/aromatic N) is 1. The summed E-state index contributed by atoms with van der Waals surface area (Å²) in [5.74, 6) is 0.616. The van der Waals surface area contributed by atoms with Gasteiger partial charge in [0.25, 0.3) is 0 Å². The molecule has 0 amide bonds. The lowest BCUT2D eigenvalue weighted by atomic mass is 10.1. The lowest BCUT2D eigenvalue weighted by Crippen LogP contribution is -2.46. The fourth-order valence-electron chi connectivity index (χ4n) is 2.64. The van der Waals surface area contributed by atoms with Crippen molar-refractivity contribution in [1.82, 2.24) is 10.6 Å². The van der Waals surface area contributed by atoms with E-state index in [2.05, 4.69) is 15.6 Å². The summed E-state index contributed by atoms with van der Waals surface area (Å²) in [7, 11) is -1.67. The van der Waals surface area contributed by atoms with Gasteiger partial charge < -0.3 is 10.6 Å². The van der Waals surface area contributed by atoms with Crippen molar-refractivity contribution in [1.29, 1.82) is 0 Å². The van der Waals surface area contributed by atoms with Gasteiger partial charge in [0, 0.05) is 13.1 Å². The Hall–Kier alpha value is -2.34. The van der Waals surface area contributed by atoms with Crippen LogP contribution in [0, 0.1) is 0 Å². The standard InChI is InChI=1S/C20H27N3O2S/c1-4-18(15-26(24,25)19-13-9-6-10-14-19)23-20(21-3)22-16(2)17-11-7-5-8-12-17/h5-14,16,18H,4,15H2,1-3H3,(H2,21,22,23). The lowest BCUT2D eigenvalue weighted by molar-refractivity contribution is 0.565. The number of benzene rings is 2. The van der Waals surface area contributed by atoms with E-state index >= 15 is 0 Å². The van der Waals surface area contributed by atoms with Gasteiger partial charge in [0.05, 0.1) is 16.7 Å². The van der Waals surface area contributed by atoms with E-state index in [4.69, 9.17) is 0 Å². The smallest absolute Gasteiger partial charge is 0.191 e. The highest BCUT2D eigenvalue weighted by Crippen LogP contribution is 2.13. The molecular formula is C20H27N3O2S. The number of aliphatic imine (C=N–C) groups is 1. The van der Waals surface area contributed by atoms with E-state index in [1.165, 1.54) is 0 Å². The molecule has 0 saturated carbocycles. The Bertz CT molecular complexity index is 805. The Balaban J connectivity index is 2.03. The van der Waals surface area contributed by atoms with E-state index in [0.29, 0.717) is 17.3 Å². The van der Waals surface area contributed by atoms with Crippen LogP contribution in [0.4, 0.5) is 0 Å². The number of rotatable bonds is 7. The molecule has 2 N–H and O–H groups in total. The zero-order valence-electron chi connectivity index (χ0n) is 15.5. The molecule has 0 spiro atoms. The zero-order valence-corrected chi connectivity index (χ0v) is 16.3. The quantitative estimate of drug-likeness (QED) is 0.578. The van der Waals surface area contributed by atoms with Gasteiger partial charge in [0.2, 0.25) is 0 Å². The Labute approximate surface area is 156 Å². The number of guanidine groups is 1. The second kappa shape index (κ2) is 9.38. The highest BCUT2D eigenvalue weighted by Gasteiger charge is 2.21. The summed E-state index contributed by atoms with van der Waals surface area (Å²) in [5.41, 5.74) is 1.14. The Kier molecular flexibility index (Phi) is 7.21. The summed E-state index contributed by atoms with van der Waals surface area (Å²) in [4.78, 5) is 4.59. The van der Waals surface area contributed by atoms with E-state index in [9.17, 15) is 8.42 Å². The molecule has 2 atom stereocenters. The van der Waals surface area contributed by atoms with Gasteiger partial charge in [0.1, 0.15) is 0 Å². The summed E-state index contributed by atoms with van der Waals surface area (Å²) in [6, 6.07) is 18.4. The average Bonchev–Trinajstić information content (AvgIpc) is 2.67. The van der Waals surface area contributed by atoms with Gasteiger partial charge in [-0.2, -0.15) is 0 Å². The van der Waals surface area contributed by atoms with E-state index in [1.807, 2.05) is 50.2 Å². The van der Waals surface area contributed by atoms with Crippen molar-refractivity contribution in [3.8, 4) is 0 Å². The van der Waals surface area contributed by atoms with Crippen LogP contribution >= 0.6 is 0 Å². The first-order chi connectivity index (χ1) is 12.5. The number of nitrogens with one attached hydrogen (secondary N) is 2. The summed E-state index contributed by atoms with van der Waals surface area (Å²) in [6.45, 7) is 4.01. The molecule has 140 valence electrons. The molecule has 6 heteroatoms. The summed E-state index contributed by atoms with van der Waals surface area (Å²) in [5, 5.41) is 6.56. The average molecular weight is 374 g/mol. The molecule has 2 aromatic carbocycles. The molecule has 0 aromatic heterocycles. The molecule has 2 rings (SSSR count). The third-order valence-electron chi connectivity index (χ3n) is 4.23. The van der Waals surface area contributed by atoms with Crippen LogP contribution in [0.5, 0.6) is 0 Å². The molecule has 0 saturated heterocycles. The van der Waals surface area contributed by atoms with Crippen LogP contribution in [0.2, 0.25) is 0 Å². The second-order valence-corrected chi connectivity index (χ2v) is 8.23. The molecule has 0 aliphatic rings. The first-order valence-electron chi connectivity index (χ1n) is 8.79. The highest BCUT2D eigenvalue weighted by atomic mass is 32.2. The lowest BCUT2D eigenvalue weighted by Gasteiger charge is -2.23. The maximum Gasteiger partial charge on any atom is 0.191 e. The number of hydrogen-bond donors (Lipinski definition) is 2. The fraction of sp³-hybridized carbons (Fsp3) is 0.350. The Morgan fingerprint density at radius 1 is 1.00 bits per heavy atom. The molecule has 5 nitrogen and oxygen atoms in total. The molecule has 0 bridgehead atoms. The van der Waals surface area contributed by atoms with Gasteiger partial charge in [-0.25, -0.2) is 8.42 Å². The van der Waals surface area contributed by atoms with Gasteiger partial charge >= 0.3 is 0 Å². The highest BCUT2D eigenvalue weighted by molar-refractivity contribution is 7.91. The van der Waals surface area contributed by atoms with Crippen LogP contribution in [0.15, 0.2) is 70.6 Å². The van der Waals surface area contributed by atoms with Crippen molar-refractivity contribution in [2.45, 2.75) is 37.2 Å². The predicted molar refractivity (Wildman–Crippen MR) is 107 cm³/mol. The molecule has 2 unspecified atom stereocenters. The third-order valence-corrected chi connectivity index (χ3v) is 6.06.